The molecule has 0 aliphatic carbocycles. The number of carbonyl (C=O) groups excluding carboxylic acids is 1. The van der Waals surface area contributed by atoms with Crippen LogP contribution in [0.4, 0.5) is 0 Å². The van der Waals surface area contributed by atoms with E-state index in [2.05, 4.69) is 13.8 Å². The second kappa shape index (κ2) is 5.48. The Morgan fingerprint density at radius 3 is 2.47 bits per heavy atom. The number of cyclic esters (lactones) is 1. The molecular formula is C12H22O4S. The normalized spacial score (nSPS) is 26.9. The van der Waals surface area contributed by atoms with Gasteiger partial charge in [-0.3, -0.25) is 8.98 Å². The lowest BCUT2D eigenvalue weighted by atomic mass is 9.87. The van der Waals surface area contributed by atoms with Crippen LogP contribution in [0, 0.1) is 11.3 Å². The number of carbonyl (C=O) groups is 1. The molecule has 4 nitrogen and oxygen atoms in total. The zero-order valence-corrected chi connectivity index (χ0v) is 12.0. The number of hydrogen-bond acceptors (Lipinski definition) is 4. The van der Waals surface area contributed by atoms with E-state index in [9.17, 15) is 9.00 Å². The minimum absolute atomic E-state index is 0.193. The van der Waals surface area contributed by atoms with Gasteiger partial charge < -0.3 is 4.74 Å². The third-order valence-electron chi connectivity index (χ3n) is 2.90. The molecule has 0 saturated carbocycles. The van der Waals surface area contributed by atoms with E-state index in [1.165, 1.54) is 6.26 Å². The molecule has 1 heterocycles. The van der Waals surface area contributed by atoms with Gasteiger partial charge in [-0.15, -0.1) is 0 Å². The van der Waals surface area contributed by atoms with E-state index in [0.29, 0.717) is 12.3 Å². The molecule has 1 saturated heterocycles. The molecule has 0 N–H and O–H groups in total. The van der Waals surface area contributed by atoms with Gasteiger partial charge in [0.1, 0.15) is 12.2 Å². The Labute approximate surface area is 106 Å². The minimum Gasteiger partial charge on any atom is -0.459 e. The van der Waals surface area contributed by atoms with Gasteiger partial charge in [-0.25, -0.2) is 4.21 Å². The molecule has 1 aliphatic rings. The van der Waals surface area contributed by atoms with Crippen LogP contribution < -0.4 is 0 Å². The Bertz CT molecular complexity index is 312. The molecule has 3 atom stereocenters. The first kappa shape index (κ1) is 14.6. The fourth-order valence-electron chi connectivity index (χ4n) is 2.02. The number of hydrogen-bond donors (Lipinski definition) is 0. The first-order valence-electron chi connectivity index (χ1n) is 5.94. The standard InChI is InChI=1S/C12H22O4S/c1-8(2)6-9(16-17(5)14)10-7-12(3,4)11(13)15-10/h8-10H,6-7H2,1-5H3. The average Bonchev–Trinajstić information content (AvgIpc) is 2.38. The van der Waals surface area contributed by atoms with E-state index >= 15 is 0 Å². The highest BCUT2D eigenvalue weighted by Gasteiger charge is 2.45. The van der Waals surface area contributed by atoms with Crippen LogP contribution in [-0.2, 0) is 24.8 Å². The summed E-state index contributed by atoms with van der Waals surface area (Å²) in [7, 11) is 0. The van der Waals surface area contributed by atoms with Gasteiger partial charge in [0.15, 0.2) is 11.1 Å². The molecular weight excluding hydrogens is 240 g/mol. The quantitative estimate of drug-likeness (QED) is 0.712. The monoisotopic (exact) mass is 262 g/mol. The van der Waals surface area contributed by atoms with Crippen LogP contribution in [-0.4, -0.2) is 28.6 Å². The van der Waals surface area contributed by atoms with Gasteiger partial charge in [0.05, 0.1) is 5.41 Å². The average molecular weight is 262 g/mol. The molecule has 3 unspecified atom stereocenters. The van der Waals surface area contributed by atoms with E-state index < -0.39 is 16.5 Å². The first-order valence-corrected chi connectivity index (χ1v) is 7.42. The summed E-state index contributed by atoms with van der Waals surface area (Å²) in [5, 5.41) is 0. The number of ether oxygens (including phenoxy) is 1. The molecule has 0 spiro atoms. The van der Waals surface area contributed by atoms with Gasteiger partial charge >= 0.3 is 5.97 Å². The van der Waals surface area contributed by atoms with E-state index in [4.69, 9.17) is 8.92 Å². The Morgan fingerprint density at radius 2 is 2.12 bits per heavy atom. The smallest absolute Gasteiger partial charge is 0.312 e. The van der Waals surface area contributed by atoms with Crippen molar-refractivity contribution in [3.8, 4) is 0 Å². The maximum Gasteiger partial charge on any atom is 0.312 e. The second-order valence-electron chi connectivity index (χ2n) is 5.70. The van der Waals surface area contributed by atoms with Crippen LogP contribution in [0.1, 0.15) is 40.5 Å². The maximum atomic E-state index is 11.6. The van der Waals surface area contributed by atoms with E-state index in [-0.39, 0.29) is 18.2 Å². The predicted octanol–water partition coefficient (Wildman–Crippen LogP) is 2.05. The molecule has 1 rings (SSSR count). The van der Waals surface area contributed by atoms with Crippen molar-refractivity contribution >= 4 is 17.0 Å². The fourth-order valence-corrected chi connectivity index (χ4v) is 2.57. The molecule has 1 fully saturated rings. The van der Waals surface area contributed by atoms with Crippen molar-refractivity contribution < 1.29 is 17.9 Å². The van der Waals surface area contributed by atoms with Crippen molar-refractivity contribution in [3.63, 3.8) is 0 Å². The van der Waals surface area contributed by atoms with Gasteiger partial charge in [-0.1, -0.05) is 13.8 Å². The highest BCUT2D eigenvalue weighted by Crippen LogP contribution is 2.36. The summed E-state index contributed by atoms with van der Waals surface area (Å²) in [6.45, 7) is 7.86. The summed E-state index contributed by atoms with van der Waals surface area (Å²) < 4.78 is 21.9. The second-order valence-corrected chi connectivity index (χ2v) is 6.69. The fraction of sp³-hybridized carbons (Fsp3) is 0.917. The Morgan fingerprint density at radius 1 is 1.53 bits per heavy atom. The van der Waals surface area contributed by atoms with Crippen LogP contribution in [0.5, 0.6) is 0 Å². The maximum absolute atomic E-state index is 11.6. The highest BCUT2D eigenvalue weighted by molar-refractivity contribution is 7.79. The van der Waals surface area contributed by atoms with Crippen LogP contribution >= 0.6 is 0 Å². The van der Waals surface area contributed by atoms with Crippen molar-refractivity contribution in [2.45, 2.75) is 52.7 Å². The molecule has 5 heteroatoms. The predicted molar refractivity (Wildman–Crippen MR) is 66.7 cm³/mol. The van der Waals surface area contributed by atoms with Crippen LogP contribution in [0.3, 0.4) is 0 Å². The molecule has 0 bridgehead atoms. The topological polar surface area (TPSA) is 52.6 Å². The zero-order valence-electron chi connectivity index (χ0n) is 11.2. The highest BCUT2D eigenvalue weighted by atomic mass is 32.2. The van der Waals surface area contributed by atoms with Gasteiger partial charge in [0.2, 0.25) is 0 Å². The van der Waals surface area contributed by atoms with E-state index in [1.807, 2.05) is 13.8 Å². The van der Waals surface area contributed by atoms with E-state index in [1.54, 1.807) is 0 Å². The molecule has 0 aromatic heterocycles. The Kier molecular flexibility index (Phi) is 4.72. The summed E-state index contributed by atoms with van der Waals surface area (Å²) in [5.74, 6) is 0.215. The van der Waals surface area contributed by atoms with Gasteiger partial charge in [-0.05, 0) is 26.2 Å². The zero-order chi connectivity index (χ0) is 13.2. The van der Waals surface area contributed by atoms with Crippen molar-refractivity contribution in [2.24, 2.45) is 11.3 Å². The minimum atomic E-state index is -1.34. The molecule has 0 aromatic rings. The molecule has 1 aliphatic heterocycles. The van der Waals surface area contributed by atoms with Crippen molar-refractivity contribution in [2.75, 3.05) is 6.26 Å². The third-order valence-corrected chi connectivity index (χ3v) is 3.42. The van der Waals surface area contributed by atoms with Crippen LogP contribution in [0.15, 0.2) is 0 Å². The summed E-state index contributed by atoms with van der Waals surface area (Å²) in [6.07, 6.45) is 2.32. The first-order chi connectivity index (χ1) is 7.72. The molecule has 0 radical (unpaired) electrons. The van der Waals surface area contributed by atoms with Gasteiger partial charge in [0.25, 0.3) is 0 Å². The summed E-state index contributed by atoms with van der Waals surface area (Å²) in [6, 6.07) is 0. The molecule has 0 amide bonds. The van der Waals surface area contributed by atoms with Crippen molar-refractivity contribution in [3.05, 3.63) is 0 Å². The molecule has 0 aromatic carbocycles. The van der Waals surface area contributed by atoms with Crippen LogP contribution in [0.25, 0.3) is 0 Å². The lowest BCUT2D eigenvalue weighted by Gasteiger charge is -2.23. The lowest BCUT2D eigenvalue weighted by molar-refractivity contribution is -0.150. The Hall–Kier alpha value is -0.420. The summed E-state index contributed by atoms with van der Waals surface area (Å²) in [4.78, 5) is 11.6. The van der Waals surface area contributed by atoms with Crippen molar-refractivity contribution in [1.82, 2.24) is 0 Å². The number of esters is 1. The van der Waals surface area contributed by atoms with Crippen LogP contribution in [0.2, 0.25) is 0 Å². The SMILES string of the molecule is CC(C)CC(OS(C)=O)C1CC(C)(C)C(=O)O1. The molecule has 100 valence electrons. The molecule has 17 heavy (non-hydrogen) atoms. The summed E-state index contributed by atoms with van der Waals surface area (Å²) in [5.41, 5.74) is -0.460. The van der Waals surface area contributed by atoms with Crippen molar-refractivity contribution in [1.29, 1.82) is 0 Å². The number of rotatable bonds is 5. The largest absolute Gasteiger partial charge is 0.459 e. The lowest BCUT2D eigenvalue weighted by Crippen LogP contribution is -2.31. The summed E-state index contributed by atoms with van der Waals surface area (Å²) >= 11 is -1.34. The van der Waals surface area contributed by atoms with E-state index in [0.717, 1.165) is 6.42 Å². The van der Waals surface area contributed by atoms with Gasteiger partial charge in [0, 0.05) is 12.7 Å². The third kappa shape index (κ3) is 4.07. The van der Waals surface area contributed by atoms with Gasteiger partial charge in [-0.2, -0.15) is 0 Å². The Balaban J connectivity index is 2.71.